The number of nitrogens with one attached hydrogen (secondary N) is 1. The maximum atomic E-state index is 10.9. The molecule has 0 aliphatic rings. The summed E-state index contributed by atoms with van der Waals surface area (Å²) in [5.41, 5.74) is 0.755. The summed E-state index contributed by atoms with van der Waals surface area (Å²) in [6.07, 6.45) is 4.10. The molecule has 1 aromatic heterocycles. The Morgan fingerprint density at radius 3 is 2.81 bits per heavy atom. The molecule has 0 saturated heterocycles. The van der Waals surface area contributed by atoms with Gasteiger partial charge in [-0.15, -0.1) is 0 Å². The van der Waals surface area contributed by atoms with E-state index in [4.69, 9.17) is 5.11 Å². The first kappa shape index (κ1) is 12.4. The van der Waals surface area contributed by atoms with Crippen LogP contribution in [-0.4, -0.2) is 27.6 Å². The van der Waals surface area contributed by atoms with Crippen molar-refractivity contribution in [1.29, 1.82) is 0 Å². The normalized spacial score (nSPS) is 10.1. The molecule has 0 atom stereocenters. The number of nitrogens with zero attached hydrogens (tertiary/aromatic N) is 2. The number of carboxylic acids is 1. The van der Waals surface area contributed by atoms with Gasteiger partial charge in [0, 0.05) is 12.7 Å². The fourth-order valence-electron chi connectivity index (χ4n) is 1.33. The molecule has 0 aromatic carbocycles. The van der Waals surface area contributed by atoms with Crippen LogP contribution in [0.5, 0.6) is 0 Å². The summed E-state index contributed by atoms with van der Waals surface area (Å²) in [7, 11) is 0. The van der Waals surface area contributed by atoms with Gasteiger partial charge in [0.25, 0.3) is 0 Å². The van der Waals surface area contributed by atoms with Crippen LogP contribution in [0.15, 0.2) is 6.20 Å². The molecule has 5 nitrogen and oxygen atoms in total. The van der Waals surface area contributed by atoms with Crippen molar-refractivity contribution < 1.29 is 9.90 Å². The lowest BCUT2D eigenvalue weighted by molar-refractivity contribution is 0.0694. The van der Waals surface area contributed by atoms with E-state index in [1.165, 1.54) is 6.20 Å². The zero-order chi connectivity index (χ0) is 12.0. The summed E-state index contributed by atoms with van der Waals surface area (Å²) in [5.74, 6) is -0.466. The highest BCUT2D eigenvalue weighted by Crippen LogP contribution is 2.09. The average Bonchev–Trinajstić information content (AvgIpc) is 2.29. The van der Waals surface area contributed by atoms with E-state index in [2.05, 4.69) is 22.2 Å². The van der Waals surface area contributed by atoms with E-state index >= 15 is 0 Å². The highest BCUT2D eigenvalue weighted by Gasteiger charge is 2.11. The predicted octanol–water partition coefficient (Wildman–Crippen LogP) is 1.95. The third-order valence-electron chi connectivity index (χ3n) is 2.25. The number of anilines is 1. The smallest absolute Gasteiger partial charge is 0.339 e. The maximum Gasteiger partial charge on any atom is 0.339 e. The molecular weight excluding hydrogens is 206 g/mol. The molecule has 1 heterocycles. The zero-order valence-corrected chi connectivity index (χ0v) is 9.66. The van der Waals surface area contributed by atoms with Gasteiger partial charge in [-0.3, -0.25) is 0 Å². The van der Waals surface area contributed by atoms with Gasteiger partial charge >= 0.3 is 5.97 Å². The Morgan fingerprint density at radius 1 is 1.50 bits per heavy atom. The van der Waals surface area contributed by atoms with Crippen LogP contribution >= 0.6 is 0 Å². The number of unbranched alkanes of at least 4 members (excludes halogenated alkanes) is 1. The number of rotatable bonds is 6. The Labute approximate surface area is 94.9 Å². The lowest BCUT2D eigenvalue weighted by Crippen LogP contribution is -2.10. The van der Waals surface area contributed by atoms with Crippen LogP contribution in [0.4, 0.5) is 5.95 Å². The standard InChI is InChI=1S/C11H17N3O2/c1-3-5-6-12-11-13-7-8(10(15)16)9(4-2)14-11/h7H,3-6H2,1-2H3,(H,15,16)(H,12,13,14). The molecule has 0 saturated carbocycles. The first-order valence-electron chi connectivity index (χ1n) is 5.52. The highest BCUT2D eigenvalue weighted by atomic mass is 16.4. The van der Waals surface area contributed by atoms with Crippen LogP contribution in [0.1, 0.15) is 42.7 Å². The number of carbonyl (C=O) groups is 1. The fourth-order valence-corrected chi connectivity index (χ4v) is 1.33. The van der Waals surface area contributed by atoms with Crippen LogP contribution in [0, 0.1) is 0 Å². The minimum atomic E-state index is -0.975. The second-order valence-corrected chi connectivity index (χ2v) is 3.49. The number of carboxylic acid groups (broad SMARTS) is 1. The van der Waals surface area contributed by atoms with E-state index in [9.17, 15) is 4.79 Å². The van der Waals surface area contributed by atoms with Crippen LogP contribution in [0.3, 0.4) is 0 Å². The Balaban J connectivity index is 2.78. The van der Waals surface area contributed by atoms with Crippen LogP contribution < -0.4 is 5.32 Å². The summed E-state index contributed by atoms with van der Waals surface area (Å²) in [4.78, 5) is 19.0. The first-order chi connectivity index (χ1) is 7.69. The van der Waals surface area contributed by atoms with Crippen LogP contribution in [0.25, 0.3) is 0 Å². The summed E-state index contributed by atoms with van der Waals surface area (Å²) in [6.45, 7) is 4.80. The van der Waals surface area contributed by atoms with Crippen molar-refractivity contribution in [3.63, 3.8) is 0 Å². The largest absolute Gasteiger partial charge is 0.478 e. The van der Waals surface area contributed by atoms with Gasteiger partial charge < -0.3 is 10.4 Å². The molecule has 88 valence electrons. The molecule has 1 aromatic rings. The highest BCUT2D eigenvalue weighted by molar-refractivity contribution is 5.88. The number of aryl methyl sites for hydroxylation is 1. The molecule has 16 heavy (non-hydrogen) atoms. The van der Waals surface area contributed by atoms with Gasteiger partial charge in [0.2, 0.25) is 5.95 Å². The van der Waals surface area contributed by atoms with E-state index in [0.29, 0.717) is 18.1 Å². The number of hydrogen-bond acceptors (Lipinski definition) is 4. The van der Waals surface area contributed by atoms with Gasteiger partial charge in [-0.25, -0.2) is 14.8 Å². The third-order valence-corrected chi connectivity index (χ3v) is 2.25. The molecule has 0 amide bonds. The van der Waals surface area contributed by atoms with E-state index in [1.807, 2.05) is 6.92 Å². The summed E-state index contributed by atoms with van der Waals surface area (Å²) in [5, 5.41) is 12.0. The maximum absolute atomic E-state index is 10.9. The molecule has 0 fully saturated rings. The van der Waals surface area contributed by atoms with Gasteiger partial charge in [0.1, 0.15) is 0 Å². The van der Waals surface area contributed by atoms with Crippen molar-refractivity contribution in [2.45, 2.75) is 33.1 Å². The third kappa shape index (κ3) is 3.18. The Bertz CT molecular complexity index is 366. The Kier molecular flexibility index (Phi) is 4.69. The van der Waals surface area contributed by atoms with Crippen LogP contribution in [0.2, 0.25) is 0 Å². The second-order valence-electron chi connectivity index (χ2n) is 3.49. The SMILES string of the molecule is CCCCNc1ncc(C(=O)O)c(CC)n1. The van der Waals surface area contributed by atoms with E-state index in [-0.39, 0.29) is 5.56 Å². The monoisotopic (exact) mass is 223 g/mol. The van der Waals surface area contributed by atoms with Gasteiger partial charge in [-0.05, 0) is 12.8 Å². The van der Waals surface area contributed by atoms with E-state index in [1.54, 1.807) is 0 Å². The Morgan fingerprint density at radius 2 is 2.25 bits per heavy atom. The summed E-state index contributed by atoms with van der Waals surface area (Å²) >= 11 is 0. The zero-order valence-electron chi connectivity index (χ0n) is 9.66. The molecule has 0 aliphatic carbocycles. The molecule has 2 N–H and O–H groups in total. The molecule has 0 bridgehead atoms. The van der Waals surface area contributed by atoms with E-state index in [0.717, 1.165) is 19.4 Å². The summed E-state index contributed by atoms with van der Waals surface area (Å²) < 4.78 is 0. The topological polar surface area (TPSA) is 75.1 Å². The molecule has 0 unspecified atom stereocenters. The van der Waals surface area contributed by atoms with Crippen LogP contribution in [-0.2, 0) is 6.42 Å². The predicted molar refractivity (Wildman–Crippen MR) is 61.8 cm³/mol. The Hall–Kier alpha value is -1.65. The molecule has 0 radical (unpaired) electrons. The van der Waals surface area contributed by atoms with Gasteiger partial charge in [0.05, 0.1) is 11.3 Å². The minimum absolute atomic E-state index is 0.184. The van der Waals surface area contributed by atoms with Crippen molar-refractivity contribution >= 4 is 11.9 Å². The van der Waals surface area contributed by atoms with Crippen molar-refractivity contribution in [3.05, 3.63) is 17.5 Å². The van der Waals surface area contributed by atoms with Gasteiger partial charge in [-0.2, -0.15) is 0 Å². The van der Waals surface area contributed by atoms with Crippen molar-refractivity contribution in [2.24, 2.45) is 0 Å². The minimum Gasteiger partial charge on any atom is -0.478 e. The lowest BCUT2D eigenvalue weighted by Gasteiger charge is -2.07. The quantitative estimate of drug-likeness (QED) is 0.721. The number of aromatic nitrogens is 2. The summed E-state index contributed by atoms with van der Waals surface area (Å²) in [6, 6.07) is 0. The van der Waals surface area contributed by atoms with Crippen molar-refractivity contribution in [2.75, 3.05) is 11.9 Å². The molecule has 0 spiro atoms. The molecule has 0 aliphatic heterocycles. The average molecular weight is 223 g/mol. The van der Waals surface area contributed by atoms with E-state index < -0.39 is 5.97 Å². The van der Waals surface area contributed by atoms with Crippen molar-refractivity contribution in [1.82, 2.24) is 9.97 Å². The van der Waals surface area contributed by atoms with Gasteiger partial charge in [-0.1, -0.05) is 20.3 Å². The van der Waals surface area contributed by atoms with Crippen molar-refractivity contribution in [3.8, 4) is 0 Å². The number of hydrogen-bond donors (Lipinski definition) is 2. The number of aromatic carboxylic acids is 1. The molecule has 5 heteroatoms. The fraction of sp³-hybridized carbons (Fsp3) is 0.545. The molecular formula is C11H17N3O2. The second kappa shape index (κ2) is 6.05. The first-order valence-corrected chi connectivity index (χ1v) is 5.52. The van der Waals surface area contributed by atoms with Gasteiger partial charge in [0.15, 0.2) is 0 Å². The lowest BCUT2D eigenvalue weighted by atomic mass is 10.2. The molecule has 1 rings (SSSR count).